The van der Waals surface area contributed by atoms with Gasteiger partial charge < -0.3 is 9.32 Å². The van der Waals surface area contributed by atoms with E-state index in [1.165, 1.54) is 5.56 Å². The van der Waals surface area contributed by atoms with Gasteiger partial charge in [0.1, 0.15) is 0 Å². The van der Waals surface area contributed by atoms with Crippen molar-refractivity contribution in [2.75, 3.05) is 13.1 Å². The van der Waals surface area contributed by atoms with Crippen molar-refractivity contribution < 1.29 is 9.21 Å². The number of aryl methyl sites for hydroxylation is 2. The first-order valence-electron chi connectivity index (χ1n) is 9.39. The van der Waals surface area contributed by atoms with Crippen LogP contribution in [0.3, 0.4) is 0 Å². The van der Waals surface area contributed by atoms with Crippen molar-refractivity contribution in [2.45, 2.75) is 38.6 Å². The van der Waals surface area contributed by atoms with Gasteiger partial charge in [-0.1, -0.05) is 6.07 Å². The van der Waals surface area contributed by atoms with Crippen LogP contribution in [0.4, 0.5) is 0 Å². The molecule has 0 atom stereocenters. The van der Waals surface area contributed by atoms with Gasteiger partial charge in [0.25, 0.3) is 0 Å². The molecule has 0 radical (unpaired) electrons. The zero-order valence-corrected chi connectivity index (χ0v) is 15.4. The van der Waals surface area contributed by atoms with Crippen LogP contribution in [0.25, 0.3) is 11.1 Å². The van der Waals surface area contributed by atoms with E-state index in [1.54, 1.807) is 10.6 Å². The molecule has 0 N–H and O–H groups in total. The summed E-state index contributed by atoms with van der Waals surface area (Å²) in [7, 11) is 0. The molecule has 0 unspecified atom stereocenters. The van der Waals surface area contributed by atoms with E-state index in [9.17, 15) is 9.59 Å². The molecular weight excluding hydrogens is 342 g/mol. The molecule has 27 heavy (non-hydrogen) atoms. The molecule has 3 aromatic rings. The maximum absolute atomic E-state index is 12.6. The number of hydrogen-bond donors (Lipinski definition) is 0. The fourth-order valence-corrected chi connectivity index (χ4v) is 3.85. The molecule has 0 saturated carbocycles. The van der Waals surface area contributed by atoms with Crippen molar-refractivity contribution in [3.05, 3.63) is 64.4 Å². The van der Waals surface area contributed by atoms with Gasteiger partial charge in [-0.05, 0) is 61.1 Å². The first-order valence-corrected chi connectivity index (χ1v) is 9.39. The normalized spacial score (nSPS) is 15.4. The zero-order valence-electron chi connectivity index (χ0n) is 15.4. The lowest BCUT2D eigenvalue weighted by molar-refractivity contribution is -0.132. The molecule has 0 aliphatic carbocycles. The molecule has 1 saturated heterocycles. The van der Waals surface area contributed by atoms with Crippen molar-refractivity contribution in [3.63, 3.8) is 0 Å². The van der Waals surface area contributed by atoms with Crippen molar-refractivity contribution in [1.82, 2.24) is 14.5 Å². The zero-order chi connectivity index (χ0) is 18.8. The van der Waals surface area contributed by atoms with E-state index in [1.807, 2.05) is 36.4 Å². The summed E-state index contributed by atoms with van der Waals surface area (Å²) in [5.74, 6) is 0.178. The Balaban J connectivity index is 1.38. The largest absolute Gasteiger partial charge is 0.419 e. The van der Waals surface area contributed by atoms with Gasteiger partial charge in [-0.2, -0.15) is 0 Å². The standard InChI is InChI=1S/C21H23N3O3/c1-15-2-3-19-18(14-15)24(21(26)27-19)13-8-20(25)23-11-6-17(7-12-23)16-4-9-22-10-5-16/h2-5,9-10,14,17H,6-8,11-13H2,1H3. The van der Waals surface area contributed by atoms with Gasteiger partial charge in [0.05, 0.1) is 5.52 Å². The molecule has 6 heteroatoms. The van der Waals surface area contributed by atoms with Gasteiger partial charge in [-0.15, -0.1) is 0 Å². The van der Waals surface area contributed by atoms with Gasteiger partial charge in [-0.25, -0.2) is 4.79 Å². The minimum atomic E-state index is -0.403. The smallest absolute Gasteiger partial charge is 0.408 e. The Morgan fingerprint density at radius 2 is 1.93 bits per heavy atom. The minimum absolute atomic E-state index is 0.0945. The van der Waals surface area contributed by atoms with Crippen LogP contribution in [0, 0.1) is 6.92 Å². The number of likely N-dealkylation sites (tertiary alicyclic amines) is 1. The average Bonchev–Trinajstić information content (AvgIpc) is 3.01. The van der Waals surface area contributed by atoms with Crippen LogP contribution in [-0.2, 0) is 11.3 Å². The molecule has 140 valence electrons. The Morgan fingerprint density at radius 1 is 1.19 bits per heavy atom. The number of piperidine rings is 1. The predicted octanol–water partition coefficient (Wildman–Crippen LogP) is 3.09. The Bertz CT molecular complexity index is 998. The molecule has 1 aliphatic rings. The lowest BCUT2D eigenvalue weighted by atomic mass is 9.90. The summed E-state index contributed by atoms with van der Waals surface area (Å²) >= 11 is 0. The third-order valence-corrected chi connectivity index (χ3v) is 5.40. The number of carbonyl (C=O) groups is 1. The van der Waals surface area contributed by atoms with Crippen molar-refractivity contribution in [2.24, 2.45) is 0 Å². The Labute approximate surface area is 157 Å². The summed E-state index contributed by atoms with van der Waals surface area (Å²) in [5.41, 5.74) is 3.67. The molecule has 1 aromatic carbocycles. The highest BCUT2D eigenvalue weighted by Gasteiger charge is 2.24. The number of benzene rings is 1. The second kappa shape index (κ2) is 7.39. The Morgan fingerprint density at radius 3 is 2.67 bits per heavy atom. The van der Waals surface area contributed by atoms with E-state index >= 15 is 0 Å². The van der Waals surface area contributed by atoms with Gasteiger partial charge in [0, 0.05) is 38.4 Å². The molecule has 0 bridgehead atoms. The summed E-state index contributed by atoms with van der Waals surface area (Å²) in [4.78, 5) is 30.7. The van der Waals surface area contributed by atoms with Gasteiger partial charge >= 0.3 is 5.76 Å². The molecular formula is C21H23N3O3. The third kappa shape index (κ3) is 3.65. The van der Waals surface area contributed by atoms with Crippen LogP contribution in [0.5, 0.6) is 0 Å². The molecule has 4 rings (SSSR count). The van der Waals surface area contributed by atoms with Crippen molar-refractivity contribution in [3.8, 4) is 0 Å². The van der Waals surface area contributed by atoms with Crippen LogP contribution < -0.4 is 5.76 Å². The van der Waals surface area contributed by atoms with E-state index in [0.29, 0.717) is 24.5 Å². The second-order valence-electron chi connectivity index (χ2n) is 7.18. The number of hydrogen-bond acceptors (Lipinski definition) is 4. The lowest BCUT2D eigenvalue weighted by Gasteiger charge is -2.32. The summed E-state index contributed by atoms with van der Waals surface area (Å²) in [5, 5.41) is 0. The maximum Gasteiger partial charge on any atom is 0.419 e. The number of fused-ring (bicyclic) bond motifs is 1. The molecule has 1 amide bonds. The lowest BCUT2D eigenvalue weighted by Crippen LogP contribution is -2.38. The van der Waals surface area contributed by atoms with Crippen LogP contribution in [-0.4, -0.2) is 33.4 Å². The summed E-state index contributed by atoms with van der Waals surface area (Å²) < 4.78 is 6.83. The Hall–Kier alpha value is -2.89. The second-order valence-corrected chi connectivity index (χ2v) is 7.18. The van der Waals surface area contributed by atoms with Gasteiger partial charge in [0.2, 0.25) is 5.91 Å². The number of oxazole rings is 1. The fraction of sp³-hybridized carbons (Fsp3) is 0.381. The summed E-state index contributed by atoms with van der Waals surface area (Å²) in [6.07, 6.45) is 5.87. The molecule has 1 fully saturated rings. The molecule has 1 aliphatic heterocycles. The average molecular weight is 365 g/mol. The van der Waals surface area contributed by atoms with Crippen LogP contribution >= 0.6 is 0 Å². The Kier molecular flexibility index (Phi) is 4.79. The minimum Gasteiger partial charge on any atom is -0.408 e. The maximum atomic E-state index is 12.6. The van der Waals surface area contributed by atoms with E-state index < -0.39 is 5.76 Å². The monoisotopic (exact) mass is 365 g/mol. The van der Waals surface area contributed by atoms with Gasteiger partial charge in [0.15, 0.2) is 5.58 Å². The van der Waals surface area contributed by atoms with E-state index in [4.69, 9.17) is 4.42 Å². The predicted molar refractivity (Wildman–Crippen MR) is 103 cm³/mol. The number of nitrogens with zero attached hydrogens (tertiary/aromatic N) is 3. The van der Waals surface area contributed by atoms with E-state index in [2.05, 4.69) is 17.1 Å². The number of amides is 1. The van der Waals surface area contributed by atoms with E-state index in [-0.39, 0.29) is 5.91 Å². The van der Waals surface area contributed by atoms with Crippen molar-refractivity contribution >= 4 is 17.0 Å². The van der Waals surface area contributed by atoms with Crippen LogP contribution in [0.15, 0.2) is 51.9 Å². The summed E-state index contributed by atoms with van der Waals surface area (Å²) in [6, 6.07) is 9.74. The quantitative estimate of drug-likeness (QED) is 0.712. The highest BCUT2D eigenvalue weighted by Crippen LogP contribution is 2.27. The molecule has 0 spiro atoms. The van der Waals surface area contributed by atoms with E-state index in [0.717, 1.165) is 37.0 Å². The number of carbonyl (C=O) groups excluding carboxylic acids is 1. The summed E-state index contributed by atoms with van der Waals surface area (Å²) in [6.45, 7) is 3.83. The fourth-order valence-electron chi connectivity index (χ4n) is 3.85. The van der Waals surface area contributed by atoms with Crippen LogP contribution in [0.1, 0.15) is 36.3 Å². The van der Waals surface area contributed by atoms with Gasteiger partial charge in [-0.3, -0.25) is 14.3 Å². The number of aromatic nitrogens is 2. The number of pyridine rings is 1. The van der Waals surface area contributed by atoms with Crippen LogP contribution in [0.2, 0.25) is 0 Å². The molecule has 6 nitrogen and oxygen atoms in total. The highest BCUT2D eigenvalue weighted by molar-refractivity contribution is 5.77. The topological polar surface area (TPSA) is 68.3 Å². The first kappa shape index (κ1) is 17.5. The molecule has 3 heterocycles. The SMILES string of the molecule is Cc1ccc2oc(=O)n(CCC(=O)N3CCC(c4ccncc4)CC3)c2c1. The third-order valence-electron chi connectivity index (χ3n) is 5.40. The first-order chi connectivity index (χ1) is 13.1. The highest BCUT2D eigenvalue weighted by atomic mass is 16.4. The van der Waals surface area contributed by atoms with Crippen molar-refractivity contribution in [1.29, 1.82) is 0 Å². The molecule has 2 aromatic heterocycles. The number of rotatable bonds is 4.